The molecule has 0 radical (unpaired) electrons. The predicted molar refractivity (Wildman–Crippen MR) is 60.6 cm³/mol. The third-order valence-electron chi connectivity index (χ3n) is 2.27. The van der Waals surface area contributed by atoms with E-state index in [1.165, 1.54) is 4.90 Å². The highest BCUT2D eigenvalue weighted by Gasteiger charge is 2.29. The van der Waals surface area contributed by atoms with E-state index in [9.17, 15) is 13.2 Å². The summed E-state index contributed by atoms with van der Waals surface area (Å²) < 4.78 is 36.6. The smallest absolute Gasteiger partial charge is 0.317 e. The van der Waals surface area contributed by atoms with Crippen molar-refractivity contribution in [3.63, 3.8) is 0 Å². The first-order chi connectivity index (χ1) is 7.49. The van der Waals surface area contributed by atoms with Gasteiger partial charge in [-0.05, 0) is 45.4 Å². The van der Waals surface area contributed by atoms with Gasteiger partial charge in [0.05, 0.1) is 6.54 Å². The van der Waals surface area contributed by atoms with E-state index in [-0.39, 0.29) is 0 Å². The predicted octanol–water partition coefficient (Wildman–Crippen LogP) is 2.65. The number of hydrogen-bond donors (Lipinski definition) is 1. The highest BCUT2D eigenvalue weighted by molar-refractivity contribution is 4.63. The van der Waals surface area contributed by atoms with Crippen LogP contribution in [0.1, 0.15) is 33.1 Å². The van der Waals surface area contributed by atoms with E-state index in [2.05, 4.69) is 5.32 Å². The molecule has 0 aliphatic heterocycles. The van der Waals surface area contributed by atoms with Crippen LogP contribution in [0.5, 0.6) is 0 Å². The van der Waals surface area contributed by atoms with Crippen LogP contribution in [-0.4, -0.2) is 43.8 Å². The van der Waals surface area contributed by atoms with Crippen LogP contribution >= 0.6 is 0 Å². The average Bonchev–Trinajstić information content (AvgIpc) is 2.15. The molecule has 0 heterocycles. The fraction of sp³-hybridized carbons (Fsp3) is 1.00. The molecule has 98 valence electrons. The molecule has 1 N–H and O–H groups in total. The summed E-state index contributed by atoms with van der Waals surface area (Å²) in [4.78, 5) is 1.49. The van der Waals surface area contributed by atoms with Crippen LogP contribution in [0.2, 0.25) is 0 Å². The van der Waals surface area contributed by atoms with E-state index < -0.39 is 12.7 Å². The minimum absolute atomic E-state index is 0.528. The highest BCUT2D eigenvalue weighted by Crippen LogP contribution is 2.16. The van der Waals surface area contributed by atoms with Crippen molar-refractivity contribution in [1.29, 1.82) is 0 Å². The third kappa shape index (κ3) is 10.2. The summed E-state index contributed by atoms with van der Waals surface area (Å²) in [5.41, 5.74) is 0. The number of halogens is 3. The summed E-state index contributed by atoms with van der Waals surface area (Å²) in [6.07, 6.45) is -1.55. The molecule has 0 unspecified atom stereocenters. The normalized spacial score (nSPS) is 12.4. The zero-order valence-corrected chi connectivity index (χ0v) is 10.2. The molecular formula is C11H23F3N2. The van der Waals surface area contributed by atoms with Crippen LogP contribution in [0.25, 0.3) is 0 Å². The first-order valence-corrected chi connectivity index (χ1v) is 5.99. The van der Waals surface area contributed by atoms with Crippen LogP contribution in [0.15, 0.2) is 0 Å². The number of unbranched alkanes of at least 4 members (excludes halogenated alkanes) is 1. The van der Waals surface area contributed by atoms with Crippen LogP contribution in [0, 0.1) is 0 Å². The molecule has 0 aromatic carbocycles. The van der Waals surface area contributed by atoms with Gasteiger partial charge in [-0.1, -0.05) is 13.8 Å². The molecule has 0 saturated heterocycles. The number of nitrogens with one attached hydrogen (secondary N) is 1. The summed E-state index contributed by atoms with van der Waals surface area (Å²) in [6, 6.07) is 0. The second-order valence-corrected chi connectivity index (χ2v) is 3.95. The van der Waals surface area contributed by atoms with Crippen LogP contribution < -0.4 is 5.32 Å². The molecule has 0 spiro atoms. The minimum atomic E-state index is -4.07. The molecule has 0 saturated carbocycles. The van der Waals surface area contributed by atoms with Crippen molar-refractivity contribution in [2.24, 2.45) is 0 Å². The molecule has 0 bridgehead atoms. The van der Waals surface area contributed by atoms with Crippen molar-refractivity contribution in [3.05, 3.63) is 0 Å². The maximum Gasteiger partial charge on any atom is 0.401 e. The van der Waals surface area contributed by atoms with Crippen molar-refractivity contribution < 1.29 is 13.2 Å². The molecule has 0 aromatic heterocycles. The fourth-order valence-corrected chi connectivity index (χ4v) is 1.60. The lowest BCUT2D eigenvalue weighted by molar-refractivity contribution is -0.146. The van der Waals surface area contributed by atoms with E-state index in [4.69, 9.17) is 0 Å². The standard InChI is InChI=1S/C11H23F3N2/c1-3-8-16(10-11(12,13)14)9-6-5-7-15-4-2/h15H,3-10H2,1-2H3. The first-order valence-electron chi connectivity index (χ1n) is 5.99. The SMILES string of the molecule is CCCN(CCCCNCC)CC(F)(F)F. The number of nitrogens with zero attached hydrogens (tertiary/aromatic N) is 1. The van der Waals surface area contributed by atoms with E-state index >= 15 is 0 Å². The Balaban J connectivity index is 3.68. The van der Waals surface area contributed by atoms with Gasteiger partial charge in [-0.3, -0.25) is 4.90 Å². The molecule has 0 aliphatic rings. The van der Waals surface area contributed by atoms with Gasteiger partial charge in [0.25, 0.3) is 0 Å². The number of alkyl halides is 3. The van der Waals surface area contributed by atoms with E-state index in [1.807, 2.05) is 13.8 Å². The summed E-state index contributed by atoms with van der Waals surface area (Å²) in [5.74, 6) is 0. The van der Waals surface area contributed by atoms with E-state index in [0.717, 1.165) is 32.4 Å². The molecule has 0 atom stereocenters. The van der Waals surface area contributed by atoms with Crippen molar-refractivity contribution in [3.8, 4) is 0 Å². The minimum Gasteiger partial charge on any atom is -0.317 e. The van der Waals surface area contributed by atoms with Gasteiger partial charge in [-0.15, -0.1) is 0 Å². The Kier molecular flexibility index (Phi) is 8.66. The topological polar surface area (TPSA) is 15.3 Å². The maximum atomic E-state index is 12.2. The monoisotopic (exact) mass is 240 g/mol. The van der Waals surface area contributed by atoms with Crippen molar-refractivity contribution >= 4 is 0 Å². The summed E-state index contributed by atoms with van der Waals surface area (Å²) in [5, 5.41) is 3.16. The molecule has 0 aromatic rings. The lowest BCUT2D eigenvalue weighted by atomic mass is 10.2. The molecule has 0 fully saturated rings. The number of hydrogen-bond acceptors (Lipinski definition) is 2. The number of rotatable bonds is 9. The summed E-state index contributed by atoms with van der Waals surface area (Å²) in [6.45, 7) is 6.03. The van der Waals surface area contributed by atoms with Gasteiger partial charge in [0, 0.05) is 0 Å². The first kappa shape index (κ1) is 15.7. The second kappa shape index (κ2) is 8.82. The quantitative estimate of drug-likeness (QED) is 0.623. The van der Waals surface area contributed by atoms with Gasteiger partial charge in [0.2, 0.25) is 0 Å². The Hall–Kier alpha value is -0.290. The Labute approximate surface area is 96.2 Å². The fourth-order valence-electron chi connectivity index (χ4n) is 1.60. The molecular weight excluding hydrogens is 217 g/mol. The zero-order chi connectivity index (χ0) is 12.4. The van der Waals surface area contributed by atoms with Crippen LogP contribution in [0.3, 0.4) is 0 Å². The second-order valence-electron chi connectivity index (χ2n) is 3.95. The highest BCUT2D eigenvalue weighted by atomic mass is 19.4. The Morgan fingerprint density at radius 3 is 2.25 bits per heavy atom. The molecule has 16 heavy (non-hydrogen) atoms. The van der Waals surface area contributed by atoms with Gasteiger partial charge < -0.3 is 5.32 Å². The zero-order valence-electron chi connectivity index (χ0n) is 10.2. The Morgan fingerprint density at radius 1 is 1.06 bits per heavy atom. The van der Waals surface area contributed by atoms with Crippen LogP contribution in [0.4, 0.5) is 13.2 Å². The summed E-state index contributed by atoms with van der Waals surface area (Å²) >= 11 is 0. The van der Waals surface area contributed by atoms with Crippen molar-refractivity contribution in [2.45, 2.75) is 39.3 Å². The Bertz CT molecular complexity index is 160. The molecule has 5 heteroatoms. The Morgan fingerprint density at radius 2 is 1.75 bits per heavy atom. The lowest BCUT2D eigenvalue weighted by Gasteiger charge is -2.22. The largest absolute Gasteiger partial charge is 0.401 e. The van der Waals surface area contributed by atoms with Gasteiger partial charge in [-0.25, -0.2) is 0 Å². The van der Waals surface area contributed by atoms with Crippen molar-refractivity contribution in [2.75, 3.05) is 32.7 Å². The molecule has 0 aliphatic carbocycles. The van der Waals surface area contributed by atoms with Crippen molar-refractivity contribution in [1.82, 2.24) is 10.2 Å². The van der Waals surface area contributed by atoms with Gasteiger partial charge in [0.15, 0.2) is 0 Å². The van der Waals surface area contributed by atoms with Gasteiger partial charge in [-0.2, -0.15) is 13.2 Å². The summed E-state index contributed by atoms with van der Waals surface area (Å²) in [7, 11) is 0. The third-order valence-corrected chi connectivity index (χ3v) is 2.27. The van der Waals surface area contributed by atoms with Gasteiger partial charge >= 0.3 is 6.18 Å². The molecule has 0 rings (SSSR count). The maximum absolute atomic E-state index is 12.2. The molecule has 2 nitrogen and oxygen atoms in total. The van der Waals surface area contributed by atoms with Crippen LogP contribution in [-0.2, 0) is 0 Å². The van der Waals surface area contributed by atoms with E-state index in [1.54, 1.807) is 0 Å². The van der Waals surface area contributed by atoms with Gasteiger partial charge in [0.1, 0.15) is 0 Å². The van der Waals surface area contributed by atoms with E-state index in [0.29, 0.717) is 13.1 Å². The average molecular weight is 240 g/mol. The molecule has 0 amide bonds. The lowest BCUT2D eigenvalue weighted by Crippen LogP contribution is -2.35.